The van der Waals surface area contributed by atoms with Crippen molar-refractivity contribution in [2.24, 2.45) is 17.3 Å². The highest BCUT2D eigenvalue weighted by Gasteiger charge is 2.61. The van der Waals surface area contributed by atoms with Crippen LogP contribution in [0.4, 0.5) is 13.2 Å². The van der Waals surface area contributed by atoms with E-state index in [4.69, 9.17) is 4.74 Å². The zero-order valence-corrected chi connectivity index (χ0v) is 16.0. The van der Waals surface area contributed by atoms with E-state index in [2.05, 4.69) is 4.74 Å². The fourth-order valence-electron chi connectivity index (χ4n) is 3.37. The Morgan fingerprint density at radius 3 is 2.30 bits per heavy atom. The van der Waals surface area contributed by atoms with Crippen molar-refractivity contribution in [2.75, 3.05) is 7.11 Å². The number of ether oxygens (including phenoxy) is 2. The van der Waals surface area contributed by atoms with Crippen LogP contribution in [0.1, 0.15) is 37.5 Å². The Kier molecular flexibility index (Phi) is 6.02. The van der Waals surface area contributed by atoms with Crippen molar-refractivity contribution in [2.45, 2.75) is 40.7 Å². The maximum absolute atomic E-state index is 14.2. The van der Waals surface area contributed by atoms with Crippen molar-refractivity contribution < 1.29 is 32.2 Å². The summed E-state index contributed by atoms with van der Waals surface area (Å²) < 4.78 is 52.0. The number of hydrogen-bond acceptors (Lipinski definition) is 4. The van der Waals surface area contributed by atoms with Gasteiger partial charge < -0.3 is 9.47 Å². The molecular weight excluding hydrogens is 361 g/mol. The van der Waals surface area contributed by atoms with Crippen LogP contribution in [-0.2, 0) is 32.1 Å². The minimum atomic E-state index is -1.28. The van der Waals surface area contributed by atoms with Gasteiger partial charge in [0.25, 0.3) is 0 Å². The van der Waals surface area contributed by atoms with Crippen molar-refractivity contribution in [3.05, 3.63) is 46.3 Å². The molecule has 1 aromatic carbocycles. The van der Waals surface area contributed by atoms with Crippen LogP contribution in [0.5, 0.6) is 0 Å². The van der Waals surface area contributed by atoms with Crippen molar-refractivity contribution in [3.63, 3.8) is 0 Å². The topological polar surface area (TPSA) is 52.6 Å². The molecule has 0 amide bonds. The Morgan fingerprint density at radius 2 is 1.74 bits per heavy atom. The van der Waals surface area contributed by atoms with E-state index in [1.807, 2.05) is 13.8 Å². The zero-order chi connectivity index (χ0) is 20.5. The van der Waals surface area contributed by atoms with Crippen molar-refractivity contribution >= 4 is 11.9 Å². The Morgan fingerprint density at radius 1 is 1.11 bits per heavy atom. The van der Waals surface area contributed by atoms with Crippen LogP contribution in [0.3, 0.4) is 0 Å². The van der Waals surface area contributed by atoms with Crippen LogP contribution >= 0.6 is 0 Å². The van der Waals surface area contributed by atoms with Gasteiger partial charge in [-0.25, -0.2) is 18.0 Å². The first kappa shape index (κ1) is 21.0. The van der Waals surface area contributed by atoms with Gasteiger partial charge in [-0.05, 0) is 30.2 Å². The number of rotatable bonds is 6. The number of carbonyl (C=O) groups excluding carboxylic acids is 2. The molecule has 1 fully saturated rings. The zero-order valence-electron chi connectivity index (χ0n) is 16.0. The highest BCUT2D eigenvalue weighted by atomic mass is 19.2. The number of benzene rings is 1. The van der Waals surface area contributed by atoms with E-state index >= 15 is 0 Å². The first-order chi connectivity index (χ1) is 12.6. The summed E-state index contributed by atoms with van der Waals surface area (Å²) in [5.41, 5.74) is -1.13. The van der Waals surface area contributed by atoms with Gasteiger partial charge in [0.2, 0.25) is 0 Å². The second-order valence-corrected chi connectivity index (χ2v) is 7.19. The molecule has 0 saturated heterocycles. The third-order valence-corrected chi connectivity index (χ3v) is 5.26. The molecule has 0 aromatic heterocycles. The third-order valence-electron chi connectivity index (χ3n) is 5.26. The molecule has 1 aliphatic carbocycles. The summed E-state index contributed by atoms with van der Waals surface area (Å²) in [7, 11) is 1.25. The molecule has 0 heterocycles. The largest absolute Gasteiger partial charge is 0.466 e. The molecule has 148 valence electrons. The molecule has 27 heavy (non-hydrogen) atoms. The molecule has 0 spiro atoms. The molecule has 1 saturated carbocycles. The van der Waals surface area contributed by atoms with Gasteiger partial charge in [0, 0.05) is 17.2 Å². The summed E-state index contributed by atoms with van der Waals surface area (Å²) in [5, 5.41) is 0. The second-order valence-electron chi connectivity index (χ2n) is 7.19. The first-order valence-electron chi connectivity index (χ1n) is 8.65. The SMILES string of the molecule is CCc1c(F)c(C)c(F)c(F)c1COC(=O)[C@@H]1[C@H](/C=C\C(=O)OC)C1(C)C. The minimum absolute atomic E-state index is 0.00334. The summed E-state index contributed by atoms with van der Waals surface area (Å²) in [4.78, 5) is 23.6. The standard InChI is InChI=1S/C20H23F3O4/c1-6-11-12(18(23)17(22)10(2)16(11)21)9-27-19(25)15-13(20(15,3)4)7-8-14(24)26-5/h7-8,13,15H,6,9H2,1-5H3/b8-7-/t13-,15-/m0/s1. The average Bonchev–Trinajstić information content (AvgIpc) is 3.19. The van der Waals surface area contributed by atoms with Crippen LogP contribution in [0.25, 0.3) is 0 Å². The minimum Gasteiger partial charge on any atom is -0.466 e. The van der Waals surface area contributed by atoms with Crippen molar-refractivity contribution in [1.82, 2.24) is 0 Å². The molecule has 0 unspecified atom stereocenters. The fourth-order valence-corrected chi connectivity index (χ4v) is 3.37. The molecule has 1 aliphatic rings. The normalized spacial score (nSPS) is 20.6. The average molecular weight is 384 g/mol. The van der Waals surface area contributed by atoms with Gasteiger partial charge in [-0.3, -0.25) is 4.79 Å². The summed E-state index contributed by atoms with van der Waals surface area (Å²) in [6, 6.07) is 0. The van der Waals surface area contributed by atoms with E-state index in [1.54, 1.807) is 13.0 Å². The first-order valence-corrected chi connectivity index (χ1v) is 8.65. The van der Waals surface area contributed by atoms with Crippen molar-refractivity contribution in [1.29, 1.82) is 0 Å². The highest BCUT2D eigenvalue weighted by molar-refractivity contribution is 5.83. The van der Waals surface area contributed by atoms with Gasteiger partial charge in [0.05, 0.1) is 13.0 Å². The molecule has 0 radical (unpaired) electrons. The molecule has 2 atom stereocenters. The predicted molar refractivity (Wildman–Crippen MR) is 92.1 cm³/mol. The maximum Gasteiger partial charge on any atom is 0.330 e. The summed E-state index contributed by atoms with van der Waals surface area (Å²) >= 11 is 0. The number of esters is 2. The van der Waals surface area contributed by atoms with Gasteiger partial charge in [-0.15, -0.1) is 0 Å². The second kappa shape index (κ2) is 7.74. The predicted octanol–water partition coefficient (Wildman–Crippen LogP) is 4.02. The van der Waals surface area contributed by atoms with Gasteiger partial charge >= 0.3 is 11.9 Å². The molecule has 0 aliphatic heterocycles. The fraction of sp³-hybridized carbons (Fsp3) is 0.500. The molecule has 1 aromatic rings. The summed E-state index contributed by atoms with van der Waals surface area (Å²) in [6.45, 7) is 5.87. The Labute approximate surface area is 156 Å². The molecule has 0 N–H and O–H groups in total. The van der Waals surface area contributed by atoms with E-state index in [0.29, 0.717) is 0 Å². The van der Waals surface area contributed by atoms with Crippen LogP contribution in [-0.4, -0.2) is 19.0 Å². The third kappa shape index (κ3) is 3.87. The summed E-state index contributed by atoms with van der Waals surface area (Å²) in [5.74, 6) is -5.23. The Hall–Kier alpha value is -2.31. The van der Waals surface area contributed by atoms with Crippen LogP contribution in [0, 0.1) is 41.6 Å². The lowest BCUT2D eigenvalue weighted by Gasteiger charge is -2.14. The lowest BCUT2D eigenvalue weighted by molar-refractivity contribution is -0.147. The maximum atomic E-state index is 14.2. The number of allylic oxidation sites excluding steroid dienone is 1. The van der Waals surface area contributed by atoms with Crippen LogP contribution in [0.15, 0.2) is 12.2 Å². The molecule has 4 nitrogen and oxygen atoms in total. The quantitative estimate of drug-likeness (QED) is 0.422. The van der Waals surface area contributed by atoms with E-state index in [1.165, 1.54) is 13.2 Å². The molecule has 2 rings (SSSR count). The number of hydrogen-bond donors (Lipinski definition) is 0. The summed E-state index contributed by atoms with van der Waals surface area (Å²) in [6.07, 6.45) is 2.94. The number of methoxy groups -OCH3 is 1. The molecular formula is C20H23F3O4. The molecule has 0 bridgehead atoms. The van der Waals surface area contributed by atoms with Crippen molar-refractivity contribution in [3.8, 4) is 0 Å². The smallest absolute Gasteiger partial charge is 0.330 e. The number of halogens is 3. The van der Waals surface area contributed by atoms with Gasteiger partial charge in [0.1, 0.15) is 12.4 Å². The lowest BCUT2D eigenvalue weighted by Crippen LogP contribution is -2.14. The van der Waals surface area contributed by atoms with Gasteiger partial charge in [-0.1, -0.05) is 26.8 Å². The van der Waals surface area contributed by atoms with E-state index < -0.39 is 52.9 Å². The Bertz CT molecular complexity index is 799. The Balaban J connectivity index is 2.15. The van der Waals surface area contributed by atoms with Gasteiger partial charge in [0.15, 0.2) is 11.6 Å². The van der Waals surface area contributed by atoms with E-state index in [0.717, 1.165) is 6.92 Å². The van der Waals surface area contributed by atoms with E-state index in [-0.39, 0.29) is 23.5 Å². The van der Waals surface area contributed by atoms with Crippen LogP contribution in [0.2, 0.25) is 0 Å². The van der Waals surface area contributed by atoms with Crippen LogP contribution < -0.4 is 0 Å². The van der Waals surface area contributed by atoms with Gasteiger partial charge in [-0.2, -0.15) is 0 Å². The molecule has 7 heteroatoms. The highest BCUT2D eigenvalue weighted by Crippen LogP contribution is 2.59. The number of carbonyl (C=O) groups is 2. The lowest BCUT2D eigenvalue weighted by atomic mass is 10.0. The van der Waals surface area contributed by atoms with E-state index in [9.17, 15) is 22.8 Å². The monoisotopic (exact) mass is 384 g/mol.